The Morgan fingerprint density at radius 1 is 0.848 bits per heavy atom. The Hall–Kier alpha value is -4.53. The van der Waals surface area contributed by atoms with Crippen molar-refractivity contribution in [3.63, 3.8) is 0 Å². The SMILES string of the molecule is COc1cc(C(=O)Nc2cc(NC(=O)Nc3ccccc3)ccc2C)ccc1OCC(N)=O. The number of nitrogens with one attached hydrogen (secondary N) is 3. The number of anilines is 3. The lowest BCUT2D eigenvalue weighted by Gasteiger charge is -2.14. The number of urea groups is 1. The molecule has 0 saturated carbocycles. The zero-order chi connectivity index (χ0) is 23.8. The molecule has 9 heteroatoms. The van der Waals surface area contributed by atoms with Gasteiger partial charge in [0.05, 0.1) is 7.11 Å². The van der Waals surface area contributed by atoms with Crippen molar-refractivity contribution in [3.05, 3.63) is 77.9 Å². The van der Waals surface area contributed by atoms with E-state index in [2.05, 4.69) is 16.0 Å². The first kappa shape index (κ1) is 23.1. The average Bonchev–Trinajstić information content (AvgIpc) is 2.80. The van der Waals surface area contributed by atoms with Gasteiger partial charge in [0.15, 0.2) is 18.1 Å². The summed E-state index contributed by atoms with van der Waals surface area (Å²) in [6.07, 6.45) is 0. The fourth-order valence-corrected chi connectivity index (χ4v) is 2.92. The number of carbonyl (C=O) groups excluding carboxylic acids is 3. The van der Waals surface area contributed by atoms with Gasteiger partial charge in [-0.3, -0.25) is 9.59 Å². The van der Waals surface area contributed by atoms with E-state index in [0.717, 1.165) is 5.56 Å². The Labute approximate surface area is 190 Å². The van der Waals surface area contributed by atoms with Gasteiger partial charge in [0.1, 0.15) is 0 Å². The van der Waals surface area contributed by atoms with Crippen LogP contribution in [0.15, 0.2) is 66.7 Å². The second-order valence-electron chi connectivity index (χ2n) is 7.05. The summed E-state index contributed by atoms with van der Waals surface area (Å²) in [5.74, 6) is -0.433. The zero-order valence-electron chi connectivity index (χ0n) is 18.2. The van der Waals surface area contributed by atoms with Crippen LogP contribution in [0.3, 0.4) is 0 Å². The Kier molecular flexibility index (Phi) is 7.48. The van der Waals surface area contributed by atoms with Gasteiger partial charge in [-0.25, -0.2) is 4.79 Å². The summed E-state index contributed by atoms with van der Waals surface area (Å²) >= 11 is 0. The lowest BCUT2D eigenvalue weighted by atomic mass is 10.1. The minimum atomic E-state index is -0.625. The van der Waals surface area contributed by atoms with E-state index >= 15 is 0 Å². The molecule has 3 rings (SSSR count). The number of para-hydroxylation sites is 1. The van der Waals surface area contributed by atoms with E-state index in [1.807, 2.05) is 25.1 Å². The highest BCUT2D eigenvalue weighted by molar-refractivity contribution is 6.06. The van der Waals surface area contributed by atoms with E-state index in [0.29, 0.717) is 28.4 Å². The maximum Gasteiger partial charge on any atom is 0.323 e. The van der Waals surface area contributed by atoms with Gasteiger partial charge in [0.2, 0.25) is 0 Å². The van der Waals surface area contributed by atoms with Gasteiger partial charge >= 0.3 is 6.03 Å². The summed E-state index contributed by atoms with van der Waals surface area (Å²) in [6, 6.07) is 18.4. The minimum Gasteiger partial charge on any atom is -0.493 e. The molecule has 3 aromatic rings. The van der Waals surface area contributed by atoms with Crippen LogP contribution in [0.2, 0.25) is 0 Å². The van der Waals surface area contributed by atoms with Crippen LogP contribution in [0.1, 0.15) is 15.9 Å². The number of hydrogen-bond donors (Lipinski definition) is 4. The maximum absolute atomic E-state index is 12.8. The monoisotopic (exact) mass is 448 g/mol. The normalized spacial score (nSPS) is 10.1. The number of ether oxygens (including phenoxy) is 2. The van der Waals surface area contributed by atoms with Crippen LogP contribution in [0, 0.1) is 6.92 Å². The Balaban J connectivity index is 1.70. The molecule has 0 aromatic heterocycles. The number of rotatable bonds is 8. The molecule has 0 heterocycles. The van der Waals surface area contributed by atoms with Gasteiger partial charge in [0.25, 0.3) is 11.8 Å². The molecule has 4 amide bonds. The van der Waals surface area contributed by atoms with Crippen LogP contribution in [0.25, 0.3) is 0 Å². The summed E-state index contributed by atoms with van der Waals surface area (Å²) in [6.45, 7) is 1.53. The quantitative estimate of drug-likeness (QED) is 0.417. The Morgan fingerprint density at radius 2 is 1.58 bits per heavy atom. The zero-order valence-corrected chi connectivity index (χ0v) is 18.2. The third kappa shape index (κ3) is 6.47. The van der Waals surface area contributed by atoms with Gasteiger partial charge in [-0.05, 0) is 55.0 Å². The Morgan fingerprint density at radius 3 is 2.27 bits per heavy atom. The van der Waals surface area contributed by atoms with Crippen LogP contribution < -0.4 is 31.2 Å². The first-order valence-corrected chi connectivity index (χ1v) is 10.00. The molecular formula is C24H24N4O5. The van der Waals surface area contributed by atoms with Crippen molar-refractivity contribution >= 4 is 34.9 Å². The van der Waals surface area contributed by atoms with Crippen molar-refractivity contribution in [1.29, 1.82) is 0 Å². The second-order valence-corrected chi connectivity index (χ2v) is 7.05. The molecule has 170 valence electrons. The predicted molar refractivity (Wildman–Crippen MR) is 126 cm³/mol. The molecule has 5 N–H and O–H groups in total. The topological polar surface area (TPSA) is 132 Å². The fraction of sp³-hybridized carbons (Fsp3) is 0.125. The van der Waals surface area contributed by atoms with Crippen LogP contribution in [0.5, 0.6) is 11.5 Å². The van der Waals surface area contributed by atoms with E-state index in [4.69, 9.17) is 15.2 Å². The molecule has 0 bridgehead atoms. The van der Waals surface area contributed by atoms with Crippen molar-refractivity contribution in [2.45, 2.75) is 6.92 Å². The summed E-state index contributed by atoms with van der Waals surface area (Å²) in [7, 11) is 1.42. The van der Waals surface area contributed by atoms with Crippen molar-refractivity contribution in [1.82, 2.24) is 0 Å². The van der Waals surface area contributed by atoms with Crippen LogP contribution in [-0.4, -0.2) is 31.6 Å². The molecule has 33 heavy (non-hydrogen) atoms. The molecule has 0 radical (unpaired) electrons. The molecule has 9 nitrogen and oxygen atoms in total. The molecule has 0 spiro atoms. The van der Waals surface area contributed by atoms with Gasteiger partial charge in [-0.1, -0.05) is 24.3 Å². The molecule has 3 aromatic carbocycles. The van der Waals surface area contributed by atoms with E-state index in [1.165, 1.54) is 19.2 Å². The van der Waals surface area contributed by atoms with E-state index in [1.54, 1.807) is 36.4 Å². The lowest BCUT2D eigenvalue weighted by Crippen LogP contribution is -2.20. The maximum atomic E-state index is 12.8. The number of nitrogens with two attached hydrogens (primary N) is 1. The van der Waals surface area contributed by atoms with Crippen LogP contribution in [-0.2, 0) is 4.79 Å². The summed E-state index contributed by atoms with van der Waals surface area (Å²) in [5.41, 5.74) is 7.92. The number of methoxy groups -OCH3 is 1. The highest BCUT2D eigenvalue weighted by Crippen LogP contribution is 2.29. The van der Waals surface area contributed by atoms with Crippen molar-refractivity contribution in [2.75, 3.05) is 29.7 Å². The fourth-order valence-electron chi connectivity index (χ4n) is 2.92. The Bertz CT molecular complexity index is 1160. The smallest absolute Gasteiger partial charge is 0.323 e. The minimum absolute atomic E-state index is 0.286. The molecule has 0 atom stereocenters. The lowest BCUT2D eigenvalue weighted by molar-refractivity contribution is -0.119. The summed E-state index contributed by atoms with van der Waals surface area (Å²) in [4.78, 5) is 36.0. The number of carbonyl (C=O) groups is 3. The highest BCUT2D eigenvalue weighted by atomic mass is 16.5. The molecule has 0 unspecified atom stereocenters. The van der Waals surface area contributed by atoms with E-state index in [9.17, 15) is 14.4 Å². The molecule has 0 fully saturated rings. The van der Waals surface area contributed by atoms with Crippen LogP contribution >= 0.6 is 0 Å². The van der Waals surface area contributed by atoms with Crippen molar-refractivity contribution in [3.8, 4) is 11.5 Å². The standard InChI is InChI=1S/C24H24N4O5/c1-15-8-10-18(27-24(31)26-17-6-4-3-5-7-17)13-19(15)28-23(30)16-9-11-20(21(12-16)32-2)33-14-22(25)29/h3-13H,14H2,1-2H3,(H2,25,29)(H,28,30)(H2,26,27,31). The second kappa shape index (κ2) is 10.7. The van der Waals surface area contributed by atoms with Crippen LogP contribution in [0.4, 0.5) is 21.9 Å². The van der Waals surface area contributed by atoms with E-state index < -0.39 is 11.9 Å². The number of aryl methyl sites for hydroxylation is 1. The molecule has 0 aliphatic rings. The van der Waals surface area contributed by atoms with Gasteiger partial charge in [-0.2, -0.15) is 0 Å². The van der Waals surface area contributed by atoms with E-state index in [-0.39, 0.29) is 18.3 Å². The highest BCUT2D eigenvalue weighted by Gasteiger charge is 2.14. The average molecular weight is 448 g/mol. The molecule has 0 aliphatic carbocycles. The molecule has 0 saturated heterocycles. The summed E-state index contributed by atoms with van der Waals surface area (Å²) < 4.78 is 10.5. The number of hydrogen-bond acceptors (Lipinski definition) is 5. The first-order valence-electron chi connectivity index (χ1n) is 10.00. The predicted octanol–water partition coefficient (Wildman–Crippen LogP) is 3.76. The van der Waals surface area contributed by atoms with Crippen molar-refractivity contribution < 1.29 is 23.9 Å². The third-order valence-electron chi connectivity index (χ3n) is 4.57. The van der Waals surface area contributed by atoms with Gasteiger partial charge < -0.3 is 31.2 Å². The van der Waals surface area contributed by atoms with Crippen molar-refractivity contribution in [2.24, 2.45) is 5.73 Å². The molecule has 0 aliphatic heterocycles. The molecular weight excluding hydrogens is 424 g/mol. The largest absolute Gasteiger partial charge is 0.493 e. The number of primary amides is 1. The number of amides is 4. The third-order valence-corrected chi connectivity index (χ3v) is 4.57. The van der Waals surface area contributed by atoms with Gasteiger partial charge in [0, 0.05) is 22.6 Å². The summed E-state index contributed by atoms with van der Waals surface area (Å²) in [5, 5.41) is 8.31. The first-order chi connectivity index (χ1) is 15.9. The van der Waals surface area contributed by atoms with Gasteiger partial charge in [-0.15, -0.1) is 0 Å². The number of benzene rings is 3.